The molecule has 3 aliphatic rings. The number of hydrazine groups is 1. The lowest BCUT2D eigenvalue weighted by Crippen LogP contribution is -2.52. The van der Waals surface area contributed by atoms with E-state index >= 15 is 0 Å². The van der Waals surface area contributed by atoms with Crippen LogP contribution in [0, 0.1) is 29.5 Å². The van der Waals surface area contributed by atoms with Crippen LogP contribution in [0.4, 0.5) is 4.39 Å². The predicted molar refractivity (Wildman–Crippen MR) is 113 cm³/mol. The van der Waals surface area contributed by atoms with Crippen molar-refractivity contribution >= 4 is 35.1 Å². The topological polar surface area (TPSA) is 74.8 Å². The Morgan fingerprint density at radius 3 is 2.00 bits per heavy atom. The van der Waals surface area contributed by atoms with Crippen molar-refractivity contribution in [3.63, 3.8) is 0 Å². The zero-order valence-electron chi connectivity index (χ0n) is 17.0. The van der Waals surface area contributed by atoms with Gasteiger partial charge in [-0.25, -0.2) is 9.40 Å². The fourth-order valence-electron chi connectivity index (χ4n) is 5.47. The largest absolute Gasteiger partial charge is 0.292 e. The SMILES string of the molecule is O=C(CN(C(=O)c1ccc(Cl)cc1)N1C(=O)[C@H]2[C@H]3CC[C@@H](C3)[C@@H]2C1=O)c1ccc(F)cc1. The molecule has 3 amide bonds. The van der Waals surface area contributed by atoms with Crippen molar-refractivity contribution < 1.29 is 23.6 Å². The first-order chi connectivity index (χ1) is 15.3. The molecule has 0 spiro atoms. The summed E-state index contributed by atoms with van der Waals surface area (Å²) in [6.07, 6.45) is 2.66. The molecular weight excluding hydrogens is 435 g/mol. The van der Waals surface area contributed by atoms with Gasteiger partial charge in [0.1, 0.15) is 12.4 Å². The van der Waals surface area contributed by atoms with Gasteiger partial charge >= 0.3 is 0 Å². The third kappa shape index (κ3) is 3.32. The molecule has 0 aromatic heterocycles. The van der Waals surface area contributed by atoms with Crippen molar-refractivity contribution in [3.8, 4) is 0 Å². The monoisotopic (exact) mass is 454 g/mol. The quantitative estimate of drug-likeness (QED) is 0.509. The second kappa shape index (κ2) is 7.81. The zero-order chi connectivity index (χ0) is 22.6. The second-order valence-electron chi connectivity index (χ2n) is 8.67. The molecule has 8 heteroatoms. The lowest BCUT2D eigenvalue weighted by Gasteiger charge is -2.30. The van der Waals surface area contributed by atoms with E-state index in [0.717, 1.165) is 41.4 Å². The van der Waals surface area contributed by atoms with E-state index in [-0.39, 0.29) is 23.0 Å². The van der Waals surface area contributed by atoms with Crippen LogP contribution in [0.3, 0.4) is 0 Å². The van der Waals surface area contributed by atoms with E-state index in [4.69, 9.17) is 11.6 Å². The molecule has 2 aliphatic carbocycles. The average molecular weight is 455 g/mol. The summed E-state index contributed by atoms with van der Waals surface area (Å²) in [5.41, 5.74) is 0.376. The van der Waals surface area contributed by atoms with E-state index in [9.17, 15) is 23.6 Å². The van der Waals surface area contributed by atoms with Crippen LogP contribution in [0.5, 0.6) is 0 Å². The highest BCUT2D eigenvalue weighted by Gasteiger charge is 2.62. The Labute approximate surface area is 188 Å². The molecular formula is C24H20ClFN2O4. The molecule has 0 radical (unpaired) electrons. The predicted octanol–water partition coefficient (Wildman–Crippen LogP) is 3.75. The number of hydrogen-bond acceptors (Lipinski definition) is 4. The second-order valence-corrected chi connectivity index (χ2v) is 9.11. The van der Waals surface area contributed by atoms with Crippen LogP contribution >= 0.6 is 11.6 Å². The van der Waals surface area contributed by atoms with Crippen LogP contribution in [0.1, 0.15) is 40.0 Å². The molecule has 1 saturated heterocycles. The van der Waals surface area contributed by atoms with Gasteiger partial charge in [-0.15, -0.1) is 0 Å². The molecule has 5 rings (SSSR count). The van der Waals surface area contributed by atoms with Gasteiger partial charge in [-0.05, 0) is 79.6 Å². The van der Waals surface area contributed by atoms with Gasteiger partial charge in [-0.1, -0.05) is 11.6 Å². The smallest absolute Gasteiger partial charge is 0.273 e. The fraction of sp³-hybridized carbons (Fsp3) is 0.333. The van der Waals surface area contributed by atoms with Crippen LogP contribution in [0.25, 0.3) is 0 Å². The summed E-state index contributed by atoms with van der Waals surface area (Å²) in [7, 11) is 0. The number of nitrogens with zero attached hydrogens (tertiary/aromatic N) is 2. The molecule has 2 saturated carbocycles. The number of ketones is 1. The standard InChI is InChI=1S/C24H20ClFN2O4/c25-17-7-3-14(4-8-17)22(30)27(12-19(29)13-5-9-18(26)10-6-13)28-23(31)20-15-1-2-16(11-15)21(20)24(28)32/h3-10,15-16,20-21H,1-2,11-12H2/t15-,16-,20-,21-/m0/s1. The van der Waals surface area contributed by atoms with Gasteiger partial charge in [-0.2, -0.15) is 5.01 Å². The summed E-state index contributed by atoms with van der Waals surface area (Å²) in [6, 6.07) is 10.9. The Balaban J connectivity index is 1.49. The highest BCUT2D eigenvalue weighted by Crippen LogP contribution is 2.56. The first-order valence-electron chi connectivity index (χ1n) is 10.6. The fourth-order valence-corrected chi connectivity index (χ4v) is 5.59. The summed E-state index contributed by atoms with van der Waals surface area (Å²) >= 11 is 5.92. The molecule has 1 aliphatic heterocycles. The minimum Gasteiger partial charge on any atom is -0.292 e. The Kier molecular flexibility index (Phi) is 5.08. The van der Waals surface area contributed by atoms with E-state index in [1.807, 2.05) is 0 Å². The molecule has 0 N–H and O–H groups in total. The van der Waals surface area contributed by atoms with Crippen LogP contribution in [0.15, 0.2) is 48.5 Å². The summed E-state index contributed by atoms with van der Waals surface area (Å²) in [5.74, 6) is -3.05. The van der Waals surface area contributed by atoms with Crippen LogP contribution in [-0.2, 0) is 9.59 Å². The van der Waals surface area contributed by atoms with E-state index in [1.54, 1.807) is 0 Å². The van der Waals surface area contributed by atoms with Gasteiger partial charge < -0.3 is 0 Å². The van der Waals surface area contributed by atoms with E-state index in [0.29, 0.717) is 5.02 Å². The molecule has 32 heavy (non-hydrogen) atoms. The normalized spacial score (nSPS) is 25.9. The molecule has 6 nitrogen and oxygen atoms in total. The number of hydrogen-bond donors (Lipinski definition) is 0. The van der Waals surface area contributed by atoms with Crippen LogP contribution in [-0.4, -0.2) is 40.1 Å². The van der Waals surface area contributed by atoms with Crippen molar-refractivity contribution in [2.75, 3.05) is 6.54 Å². The molecule has 2 bridgehead atoms. The number of benzene rings is 2. The molecule has 2 aromatic carbocycles. The Bertz CT molecular complexity index is 1090. The maximum atomic E-state index is 13.4. The van der Waals surface area contributed by atoms with Crippen LogP contribution < -0.4 is 0 Å². The van der Waals surface area contributed by atoms with E-state index in [1.165, 1.54) is 36.4 Å². The molecule has 4 atom stereocenters. The molecule has 2 aromatic rings. The summed E-state index contributed by atoms with van der Waals surface area (Å²) < 4.78 is 13.3. The minimum atomic E-state index is -0.647. The Morgan fingerprint density at radius 2 is 1.44 bits per heavy atom. The summed E-state index contributed by atoms with van der Waals surface area (Å²) in [5, 5.41) is 2.25. The number of carbonyl (C=O) groups excluding carboxylic acids is 4. The number of amides is 3. The number of rotatable bonds is 5. The van der Waals surface area contributed by atoms with E-state index in [2.05, 4.69) is 0 Å². The number of Topliss-reactive ketones (excluding diaryl/α,β-unsaturated/α-hetero) is 1. The van der Waals surface area contributed by atoms with Crippen molar-refractivity contribution in [3.05, 3.63) is 70.5 Å². The summed E-state index contributed by atoms with van der Waals surface area (Å²) in [4.78, 5) is 52.9. The maximum Gasteiger partial charge on any atom is 0.273 e. The molecule has 1 heterocycles. The lowest BCUT2D eigenvalue weighted by molar-refractivity contribution is -0.154. The molecule has 3 fully saturated rings. The van der Waals surface area contributed by atoms with Crippen molar-refractivity contribution in [1.82, 2.24) is 10.0 Å². The van der Waals surface area contributed by atoms with Gasteiger partial charge in [0.15, 0.2) is 5.78 Å². The van der Waals surface area contributed by atoms with Gasteiger partial charge in [-0.3, -0.25) is 19.2 Å². The van der Waals surface area contributed by atoms with Crippen molar-refractivity contribution in [1.29, 1.82) is 0 Å². The highest BCUT2D eigenvalue weighted by molar-refractivity contribution is 6.30. The number of carbonyl (C=O) groups is 4. The van der Waals surface area contributed by atoms with Gasteiger partial charge in [0.2, 0.25) is 0 Å². The number of halogens is 2. The minimum absolute atomic E-state index is 0.145. The van der Waals surface area contributed by atoms with Crippen LogP contribution in [0.2, 0.25) is 5.02 Å². The van der Waals surface area contributed by atoms with Crippen molar-refractivity contribution in [2.45, 2.75) is 19.3 Å². The molecule has 0 unspecified atom stereocenters. The number of imide groups is 1. The lowest BCUT2D eigenvalue weighted by atomic mass is 9.81. The van der Waals surface area contributed by atoms with Gasteiger partial charge in [0.05, 0.1) is 11.8 Å². The van der Waals surface area contributed by atoms with Gasteiger partial charge in [0, 0.05) is 16.1 Å². The van der Waals surface area contributed by atoms with E-state index < -0.39 is 47.7 Å². The first kappa shape index (κ1) is 20.8. The third-order valence-electron chi connectivity index (χ3n) is 6.93. The van der Waals surface area contributed by atoms with Crippen molar-refractivity contribution in [2.24, 2.45) is 23.7 Å². The third-order valence-corrected chi connectivity index (χ3v) is 7.18. The molecule has 164 valence electrons. The summed E-state index contributed by atoms with van der Waals surface area (Å²) in [6.45, 7) is -0.515. The number of fused-ring (bicyclic) bond motifs is 5. The zero-order valence-corrected chi connectivity index (χ0v) is 17.8. The van der Waals surface area contributed by atoms with Gasteiger partial charge in [0.25, 0.3) is 17.7 Å². The first-order valence-corrected chi connectivity index (χ1v) is 11.0. The Hall–Kier alpha value is -3.06. The average Bonchev–Trinajstić information content (AvgIpc) is 3.47. The highest BCUT2D eigenvalue weighted by atomic mass is 35.5. The maximum absolute atomic E-state index is 13.4. The Morgan fingerprint density at radius 1 is 0.906 bits per heavy atom.